The lowest BCUT2D eigenvalue weighted by Gasteiger charge is -2.33. The van der Waals surface area contributed by atoms with Crippen LogP contribution in [0.4, 0.5) is 5.82 Å². The summed E-state index contributed by atoms with van der Waals surface area (Å²) in [6, 6.07) is 2.14. The highest BCUT2D eigenvalue weighted by Gasteiger charge is 2.22. The molecule has 3 rings (SSSR count). The average molecular weight is 262 g/mol. The van der Waals surface area contributed by atoms with Gasteiger partial charge in [0.05, 0.1) is 5.39 Å². The molecule has 1 atom stereocenters. The summed E-state index contributed by atoms with van der Waals surface area (Å²) in [5, 5.41) is 6.58. The van der Waals surface area contributed by atoms with Gasteiger partial charge in [-0.25, -0.2) is 9.97 Å². The molecule has 2 aromatic heterocycles. The van der Waals surface area contributed by atoms with Gasteiger partial charge in [-0.3, -0.25) is 0 Å². The van der Waals surface area contributed by atoms with Crippen LogP contribution < -0.4 is 10.2 Å². The molecule has 0 amide bonds. The van der Waals surface area contributed by atoms with Crippen molar-refractivity contribution in [2.45, 2.75) is 12.8 Å². The van der Waals surface area contributed by atoms with Crippen molar-refractivity contribution in [3.63, 3.8) is 0 Å². The molecule has 0 aliphatic carbocycles. The van der Waals surface area contributed by atoms with Crippen LogP contribution in [0, 0.1) is 5.92 Å². The summed E-state index contributed by atoms with van der Waals surface area (Å²) < 4.78 is 0. The van der Waals surface area contributed by atoms with Crippen LogP contribution in [0.2, 0.25) is 0 Å². The van der Waals surface area contributed by atoms with Gasteiger partial charge in [0.25, 0.3) is 0 Å². The van der Waals surface area contributed by atoms with Gasteiger partial charge < -0.3 is 10.2 Å². The van der Waals surface area contributed by atoms with Gasteiger partial charge >= 0.3 is 0 Å². The Morgan fingerprint density at radius 1 is 1.50 bits per heavy atom. The van der Waals surface area contributed by atoms with Crippen LogP contribution in [0.15, 0.2) is 17.8 Å². The first-order chi connectivity index (χ1) is 8.88. The first-order valence-electron chi connectivity index (χ1n) is 6.46. The van der Waals surface area contributed by atoms with E-state index in [0.717, 1.165) is 36.2 Å². The molecule has 1 aliphatic heterocycles. The minimum atomic E-state index is 0.729. The molecule has 1 aliphatic rings. The van der Waals surface area contributed by atoms with Gasteiger partial charge in [-0.05, 0) is 43.8 Å². The highest BCUT2D eigenvalue weighted by molar-refractivity contribution is 7.16. The van der Waals surface area contributed by atoms with E-state index in [0.29, 0.717) is 0 Å². The van der Waals surface area contributed by atoms with Gasteiger partial charge in [0.15, 0.2) is 0 Å². The third kappa shape index (κ3) is 2.20. The van der Waals surface area contributed by atoms with Crippen LogP contribution >= 0.6 is 11.3 Å². The van der Waals surface area contributed by atoms with Gasteiger partial charge in [-0.15, -0.1) is 11.3 Å². The third-order valence-corrected chi connectivity index (χ3v) is 4.37. The Labute approximate surface area is 111 Å². The summed E-state index contributed by atoms with van der Waals surface area (Å²) in [4.78, 5) is 12.3. The van der Waals surface area contributed by atoms with Crippen molar-refractivity contribution in [3.8, 4) is 0 Å². The largest absolute Gasteiger partial charge is 0.356 e. The maximum atomic E-state index is 4.50. The van der Waals surface area contributed by atoms with E-state index in [2.05, 4.69) is 31.6 Å². The number of nitrogens with zero attached hydrogens (tertiary/aromatic N) is 3. The predicted octanol–water partition coefficient (Wildman–Crippen LogP) is 2.13. The number of nitrogens with one attached hydrogen (secondary N) is 1. The van der Waals surface area contributed by atoms with E-state index < -0.39 is 0 Å². The molecular weight excluding hydrogens is 244 g/mol. The number of hydrogen-bond donors (Lipinski definition) is 1. The van der Waals surface area contributed by atoms with Crippen molar-refractivity contribution >= 4 is 27.4 Å². The van der Waals surface area contributed by atoms with Gasteiger partial charge in [0.1, 0.15) is 17.0 Å². The minimum Gasteiger partial charge on any atom is -0.356 e. The fraction of sp³-hybridized carbons (Fsp3) is 0.538. The van der Waals surface area contributed by atoms with Crippen LogP contribution in [0.5, 0.6) is 0 Å². The van der Waals surface area contributed by atoms with E-state index in [-0.39, 0.29) is 0 Å². The predicted molar refractivity (Wildman–Crippen MR) is 76.3 cm³/mol. The summed E-state index contributed by atoms with van der Waals surface area (Å²) in [5.41, 5.74) is 0. The van der Waals surface area contributed by atoms with E-state index in [1.165, 1.54) is 18.2 Å². The molecule has 0 radical (unpaired) electrons. The molecular formula is C13H18N4S. The van der Waals surface area contributed by atoms with Crippen molar-refractivity contribution in [1.29, 1.82) is 0 Å². The van der Waals surface area contributed by atoms with Gasteiger partial charge in [-0.2, -0.15) is 0 Å². The lowest BCUT2D eigenvalue weighted by Crippen LogP contribution is -2.39. The topological polar surface area (TPSA) is 41.0 Å². The van der Waals surface area contributed by atoms with Crippen molar-refractivity contribution in [2.24, 2.45) is 5.92 Å². The number of aromatic nitrogens is 2. The van der Waals surface area contributed by atoms with E-state index in [4.69, 9.17) is 0 Å². The average Bonchev–Trinajstić information content (AvgIpc) is 2.87. The minimum absolute atomic E-state index is 0.729. The molecule has 3 heterocycles. The molecule has 5 heteroatoms. The molecule has 4 nitrogen and oxygen atoms in total. The van der Waals surface area contributed by atoms with Crippen LogP contribution in [0.3, 0.4) is 0 Å². The zero-order valence-electron chi connectivity index (χ0n) is 10.6. The number of piperidine rings is 1. The van der Waals surface area contributed by atoms with Crippen LogP contribution in [-0.2, 0) is 0 Å². The lowest BCUT2D eigenvalue weighted by atomic mass is 9.98. The molecule has 96 valence electrons. The number of anilines is 1. The number of thiophene rings is 1. The normalized spacial score (nSPS) is 20.5. The standard InChI is InChI=1S/C13H18N4S/c1-14-7-10-3-2-5-17(8-10)12-11-4-6-18-13(11)16-9-15-12/h4,6,9-10,14H,2-3,5,7-8H2,1H3. The summed E-state index contributed by atoms with van der Waals surface area (Å²) in [6.45, 7) is 3.30. The fourth-order valence-corrected chi connectivity index (χ4v) is 3.47. The number of rotatable bonds is 3. The maximum absolute atomic E-state index is 4.50. The Morgan fingerprint density at radius 2 is 2.44 bits per heavy atom. The summed E-state index contributed by atoms with van der Waals surface area (Å²) >= 11 is 1.69. The molecule has 0 saturated carbocycles. The van der Waals surface area contributed by atoms with Crippen molar-refractivity contribution < 1.29 is 0 Å². The fourth-order valence-electron chi connectivity index (χ4n) is 2.74. The Balaban J connectivity index is 1.87. The Kier molecular flexibility index (Phi) is 3.43. The molecule has 1 unspecified atom stereocenters. The first kappa shape index (κ1) is 11.9. The lowest BCUT2D eigenvalue weighted by molar-refractivity contribution is 0.401. The van der Waals surface area contributed by atoms with Gasteiger partial charge in [0, 0.05) is 13.1 Å². The zero-order valence-corrected chi connectivity index (χ0v) is 11.4. The summed E-state index contributed by atoms with van der Waals surface area (Å²) in [5.74, 6) is 1.84. The van der Waals surface area contributed by atoms with Crippen LogP contribution in [0.1, 0.15) is 12.8 Å². The summed E-state index contributed by atoms with van der Waals surface area (Å²) in [6.07, 6.45) is 4.26. The molecule has 1 saturated heterocycles. The van der Waals surface area contributed by atoms with E-state index in [1.807, 2.05) is 7.05 Å². The molecule has 0 spiro atoms. The quantitative estimate of drug-likeness (QED) is 0.920. The van der Waals surface area contributed by atoms with E-state index in [9.17, 15) is 0 Å². The second kappa shape index (κ2) is 5.20. The number of hydrogen-bond acceptors (Lipinski definition) is 5. The number of fused-ring (bicyclic) bond motifs is 1. The van der Waals surface area contributed by atoms with E-state index in [1.54, 1.807) is 17.7 Å². The monoisotopic (exact) mass is 262 g/mol. The Bertz CT molecular complexity index is 522. The highest BCUT2D eigenvalue weighted by Crippen LogP contribution is 2.29. The van der Waals surface area contributed by atoms with Crippen molar-refractivity contribution in [2.75, 3.05) is 31.6 Å². The molecule has 1 fully saturated rings. The van der Waals surface area contributed by atoms with Gasteiger partial charge in [-0.1, -0.05) is 0 Å². The Hall–Kier alpha value is -1.20. The Morgan fingerprint density at radius 3 is 3.33 bits per heavy atom. The molecule has 18 heavy (non-hydrogen) atoms. The van der Waals surface area contributed by atoms with Crippen LogP contribution in [0.25, 0.3) is 10.2 Å². The molecule has 2 aromatic rings. The van der Waals surface area contributed by atoms with Gasteiger partial charge in [0.2, 0.25) is 0 Å². The molecule has 0 aromatic carbocycles. The third-order valence-electron chi connectivity index (χ3n) is 3.55. The second-order valence-corrected chi connectivity index (χ2v) is 5.74. The summed E-state index contributed by atoms with van der Waals surface area (Å²) in [7, 11) is 2.03. The van der Waals surface area contributed by atoms with Crippen LogP contribution in [-0.4, -0.2) is 36.6 Å². The zero-order chi connectivity index (χ0) is 12.4. The van der Waals surface area contributed by atoms with Crippen molar-refractivity contribution in [3.05, 3.63) is 17.8 Å². The first-order valence-corrected chi connectivity index (χ1v) is 7.34. The highest BCUT2D eigenvalue weighted by atomic mass is 32.1. The maximum Gasteiger partial charge on any atom is 0.140 e. The second-order valence-electron chi connectivity index (χ2n) is 4.85. The molecule has 1 N–H and O–H groups in total. The van der Waals surface area contributed by atoms with Crippen molar-refractivity contribution in [1.82, 2.24) is 15.3 Å². The SMILES string of the molecule is CNCC1CCCN(c2ncnc3sccc23)C1. The smallest absolute Gasteiger partial charge is 0.140 e. The van der Waals surface area contributed by atoms with E-state index >= 15 is 0 Å². The molecule has 0 bridgehead atoms.